The van der Waals surface area contributed by atoms with Gasteiger partial charge in [-0.2, -0.15) is 0 Å². The monoisotopic (exact) mass is 423 g/mol. The van der Waals surface area contributed by atoms with Gasteiger partial charge in [-0.25, -0.2) is 9.69 Å². The van der Waals surface area contributed by atoms with Crippen molar-refractivity contribution < 1.29 is 28.7 Å². The molecule has 2 aromatic carbocycles. The minimum absolute atomic E-state index is 0.0318. The van der Waals surface area contributed by atoms with Crippen LogP contribution in [0, 0.1) is 0 Å². The Bertz CT molecular complexity index is 1040. The smallest absolute Gasteiger partial charge is 0.335 e. The van der Waals surface area contributed by atoms with Crippen LogP contribution in [0.2, 0.25) is 0 Å². The number of ether oxygens (including phenoxy) is 2. The van der Waals surface area contributed by atoms with Crippen molar-refractivity contribution >= 4 is 23.8 Å². The fraction of sp³-hybridized carbons (Fsp3) is 0.273. The molecule has 1 saturated heterocycles. The molecule has 1 fully saturated rings. The standard InChI is InChI=1S/C22H21N3O6/c1-14(16-7-8-17-18(11-16)31-10-9-30-17)23-19(26)13-25-21(28)20(27)24(22(25)29)12-15-5-3-2-4-6-15/h2-8,11,14H,9-10,12-13H2,1H3,(H,23,26)/t14-/m1/s1. The van der Waals surface area contributed by atoms with E-state index in [1.54, 1.807) is 49.4 Å². The number of carbonyl (C=O) groups is 4. The molecule has 0 radical (unpaired) electrons. The Morgan fingerprint density at radius 2 is 1.65 bits per heavy atom. The van der Waals surface area contributed by atoms with E-state index in [4.69, 9.17) is 9.47 Å². The van der Waals surface area contributed by atoms with Crippen LogP contribution in [0.15, 0.2) is 48.5 Å². The van der Waals surface area contributed by atoms with Gasteiger partial charge >= 0.3 is 17.8 Å². The summed E-state index contributed by atoms with van der Waals surface area (Å²) in [5.74, 6) is -1.28. The van der Waals surface area contributed by atoms with Gasteiger partial charge in [-0.1, -0.05) is 36.4 Å². The summed E-state index contributed by atoms with van der Waals surface area (Å²) in [5, 5.41) is 2.74. The zero-order chi connectivity index (χ0) is 22.0. The van der Waals surface area contributed by atoms with Crippen molar-refractivity contribution in [1.29, 1.82) is 0 Å². The van der Waals surface area contributed by atoms with Crippen molar-refractivity contribution in [3.8, 4) is 11.5 Å². The first kappa shape index (κ1) is 20.4. The summed E-state index contributed by atoms with van der Waals surface area (Å²) in [6.45, 7) is 2.13. The number of fused-ring (bicyclic) bond motifs is 1. The molecule has 2 aromatic rings. The Morgan fingerprint density at radius 3 is 2.39 bits per heavy atom. The van der Waals surface area contributed by atoms with E-state index in [2.05, 4.69) is 5.32 Å². The average molecular weight is 423 g/mol. The molecular weight excluding hydrogens is 402 g/mol. The second kappa shape index (κ2) is 8.47. The Hall–Kier alpha value is -3.88. The average Bonchev–Trinajstić information content (AvgIpc) is 2.97. The van der Waals surface area contributed by atoms with Crippen molar-refractivity contribution in [1.82, 2.24) is 15.1 Å². The minimum Gasteiger partial charge on any atom is -0.486 e. The van der Waals surface area contributed by atoms with Gasteiger partial charge in [0.25, 0.3) is 0 Å². The molecule has 2 aliphatic rings. The quantitative estimate of drug-likeness (QED) is 0.559. The van der Waals surface area contributed by atoms with Crippen molar-refractivity contribution in [3.63, 3.8) is 0 Å². The molecule has 5 amide bonds. The van der Waals surface area contributed by atoms with E-state index in [0.29, 0.717) is 35.2 Å². The van der Waals surface area contributed by atoms with E-state index in [0.717, 1.165) is 10.5 Å². The number of imide groups is 2. The minimum atomic E-state index is -1.01. The van der Waals surface area contributed by atoms with Crippen molar-refractivity contribution in [2.75, 3.05) is 19.8 Å². The summed E-state index contributed by atoms with van der Waals surface area (Å²) in [7, 11) is 0. The van der Waals surface area contributed by atoms with Crippen LogP contribution in [-0.4, -0.2) is 53.3 Å². The van der Waals surface area contributed by atoms with E-state index in [-0.39, 0.29) is 6.54 Å². The number of carbonyl (C=O) groups excluding carboxylic acids is 4. The zero-order valence-electron chi connectivity index (χ0n) is 16.9. The molecule has 0 saturated carbocycles. The highest BCUT2D eigenvalue weighted by atomic mass is 16.6. The first-order chi connectivity index (χ1) is 14.9. The number of nitrogens with zero attached hydrogens (tertiary/aromatic N) is 2. The number of urea groups is 1. The highest BCUT2D eigenvalue weighted by Gasteiger charge is 2.45. The predicted octanol–water partition coefficient (Wildman–Crippen LogP) is 1.63. The maximum Gasteiger partial charge on any atom is 0.335 e. The molecular formula is C22H21N3O6. The van der Waals surface area contributed by atoms with Crippen molar-refractivity contribution in [3.05, 3.63) is 59.7 Å². The maximum absolute atomic E-state index is 12.6. The van der Waals surface area contributed by atoms with Gasteiger partial charge in [-0.05, 0) is 30.2 Å². The molecule has 0 aromatic heterocycles. The summed E-state index contributed by atoms with van der Waals surface area (Å²) < 4.78 is 11.0. The molecule has 31 heavy (non-hydrogen) atoms. The van der Waals surface area contributed by atoms with E-state index in [1.165, 1.54) is 0 Å². The van der Waals surface area contributed by atoms with Crippen LogP contribution < -0.4 is 14.8 Å². The number of nitrogens with one attached hydrogen (secondary N) is 1. The summed E-state index contributed by atoms with van der Waals surface area (Å²) >= 11 is 0. The van der Waals surface area contributed by atoms with E-state index >= 15 is 0 Å². The fourth-order valence-corrected chi connectivity index (χ4v) is 3.44. The topological polar surface area (TPSA) is 105 Å². The SMILES string of the molecule is C[C@@H](NC(=O)CN1C(=O)C(=O)N(Cc2ccccc2)C1=O)c1ccc2c(c1)OCCO2. The van der Waals surface area contributed by atoms with E-state index in [1.807, 2.05) is 6.07 Å². The van der Waals surface area contributed by atoms with Gasteiger partial charge < -0.3 is 14.8 Å². The van der Waals surface area contributed by atoms with E-state index < -0.39 is 36.3 Å². The van der Waals surface area contributed by atoms with Gasteiger partial charge in [-0.15, -0.1) is 0 Å². The molecule has 0 bridgehead atoms. The lowest BCUT2D eigenvalue weighted by Crippen LogP contribution is -2.42. The first-order valence-corrected chi connectivity index (χ1v) is 9.84. The van der Waals surface area contributed by atoms with Gasteiger partial charge in [0.05, 0.1) is 12.6 Å². The normalized spacial score (nSPS) is 16.5. The Labute approximate surface area is 178 Å². The molecule has 9 heteroatoms. The maximum atomic E-state index is 12.6. The molecule has 0 aliphatic carbocycles. The lowest BCUT2D eigenvalue weighted by molar-refractivity contribution is -0.144. The van der Waals surface area contributed by atoms with Crippen molar-refractivity contribution in [2.24, 2.45) is 0 Å². The number of amides is 5. The predicted molar refractivity (Wildman–Crippen MR) is 108 cm³/mol. The van der Waals surface area contributed by atoms with Crippen LogP contribution >= 0.6 is 0 Å². The summed E-state index contributed by atoms with van der Waals surface area (Å²) in [5.41, 5.74) is 1.48. The Balaban J connectivity index is 1.39. The Kier molecular flexibility index (Phi) is 5.57. The number of hydrogen-bond acceptors (Lipinski definition) is 6. The zero-order valence-corrected chi connectivity index (χ0v) is 16.9. The lowest BCUT2D eigenvalue weighted by Gasteiger charge is -2.21. The number of hydrogen-bond donors (Lipinski definition) is 1. The van der Waals surface area contributed by atoms with Gasteiger partial charge in [-0.3, -0.25) is 19.3 Å². The third-order valence-corrected chi connectivity index (χ3v) is 5.06. The molecule has 4 rings (SSSR count). The number of benzene rings is 2. The van der Waals surface area contributed by atoms with Crippen LogP contribution in [0.5, 0.6) is 11.5 Å². The van der Waals surface area contributed by atoms with Gasteiger partial charge in [0.2, 0.25) is 5.91 Å². The van der Waals surface area contributed by atoms with Crippen LogP contribution in [-0.2, 0) is 20.9 Å². The van der Waals surface area contributed by atoms with Crippen LogP contribution in [0.3, 0.4) is 0 Å². The first-order valence-electron chi connectivity index (χ1n) is 9.84. The lowest BCUT2D eigenvalue weighted by atomic mass is 10.1. The molecule has 160 valence electrons. The third kappa shape index (κ3) is 4.20. The molecule has 0 spiro atoms. The largest absolute Gasteiger partial charge is 0.486 e. The van der Waals surface area contributed by atoms with Crippen LogP contribution in [0.1, 0.15) is 24.1 Å². The van der Waals surface area contributed by atoms with E-state index in [9.17, 15) is 19.2 Å². The summed E-state index contributed by atoms with van der Waals surface area (Å²) in [4.78, 5) is 51.1. The fourth-order valence-electron chi connectivity index (χ4n) is 3.44. The van der Waals surface area contributed by atoms with Crippen LogP contribution in [0.4, 0.5) is 4.79 Å². The third-order valence-electron chi connectivity index (χ3n) is 5.06. The number of rotatable bonds is 6. The second-order valence-electron chi connectivity index (χ2n) is 7.24. The molecule has 1 N–H and O–H groups in total. The molecule has 0 unspecified atom stereocenters. The van der Waals surface area contributed by atoms with Gasteiger partial charge in [0.1, 0.15) is 19.8 Å². The highest BCUT2D eigenvalue weighted by Crippen LogP contribution is 2.32. The van der Waals surface area contributed by atoms with Crippen LogP contribution in [0.25, 0.3) is 0 Å². The van der Waals surface area contributed by atoms with Crippen molar-refractivity contribution in [2.45, 2.75) is 19.5 Å². The highest BCUT2D eigenvalue weighted by molar-refractivity contribution is 6.44. The summed E-state index contributed by atoms with van der Waals surface area (Å²) in [6.07, 6.45) is 0. The molecule has 2 aliphatic heterocycles. The molecule has 2 heterocycles. The molecule has 9 nitrogen and oxygen atoms in total. The Morgan fingerprint density at radius 1 is 0.968 bits per heavy atom. The summed E-state index contributed by atoms with van der Waals surface area (Å²) in [6, 6.07) is 13.0. The van der Waals surface area contributed by atoms with Gasteiger partial charge in [0.15, 0.2) is 11.5 Å². The second-order valence-corrected chi connectivity index (χ2v) is 7.24. The van der Waals surface area contributed by atoms with Gasteiger partial charge in [0, 0.05) is 0 Å². The molecule has 1 atom stereocenters.